The average molecular weight is 517 g/mol. The smallest absolute Gasteiger partial charge is 0.267 e. The summed E-state index contributed by atoms with van der Waals surface area (Å²) in [6, 6.07) is 6.71. The van der Waals surface area contributed by atoms with Crippen molar-refractivity contribution in [2.75, 3.05) is 31.6 Å². The molecule has 3 heterocycles. The van der Waals surface area contributed by atoms with Crippen LogP contribution in [0, 0.1) is 12.7 Å². The van der Waals surface area contributed by atoms with Gasteiger partial charge in [-0.2, -0.15) is 5.10 Å². The van der Waals surface area contributed by atoms with Gasteiger partial charge in [-0.15, -0.1) is 5.10 Å². The van der Waals surface area contributed by atoms with Crippen molar-refractivity contribution >= 4 is 22.5 Å². The number of ether oxygens (including phenoxy) is 3. The van der Waals surface area contributed by atoms with Crippen molar-refractivity contribution in [1.29, 1.82) is 0 Å². The van der Waals surface area contributed by atoms with Crippen LogP contribution in [0.2, 0.25) is 0 Å². The summed E-state index contributed by atoms with van der Waals surface area (Å²) in [5, 5.41) is 12.8. The number of halogens is 3. The number of morpholine rings is 1. The number of amides is 1. The molecule has 0 spiro atoms. The molecule has 1 amide bonds. The SMILES string of the molecule is Cc1nnc(NC(C)c2cccc(C(F)F)c2F)c2cc3c(cc12)OC(C(=O)N1CCOC(C)C1)CO3. The molecule has 0 saturated carbocycles. The molecule has 196 valence electrons. The number of aromatic nitrogens is 2. The number of fused-ring (bicyclic) bond motifs is 2. The Balaban J connectivity index is 1.41. The van der Waals surface area contributed by atoms with Crippen LogP contribution in [0.4, 0.5) is 19.0 Å². The highest BCUT2D eigenvalue weighted by atomic mass is 19.3. The summed E-state index contributed by atoms with van der Waals surface area (Å²) in [5.74, 6) is 0.0583. The Morgan fingerprint density at radius 2 is 1.92 bits per heavy atom. The molecule has 8 nitrogen and oxygen atoms in total. The van der Waals surface area contributed by atoms with Crippen molar-refractivity contribution in [3.8, 4) is 11.5 Å². The third kappa shape index (κ3) is 4.87. The Morgan fingerprint density at radius 1 is 1.16 bits per heavy atom. The van der Waals surface area contributed by atoms with E-state index >= 15 is 0 Å². The number of hydrogen-bond acceptors (Lipinski definition) is 7. The summed E-state index contributed by atoms with van der Waals surface area (Å²) in [4.78, 5) is 14.7. The second kappa shape index (κ2) is 10.0. The van der Waals surface area contributed by atoms with Crippen LogP contribution < -0.4 is 14.8 Å². The van der Waals surface area contributed by atoms with E-state index in [9.17, 15) is 18.0 Å². The summed E-state index contributed by atoms with van der Waals surface area (Å²) in [7, 11) is 0. The van der Waals surface area contributed by atoms with Crippen LogP contribution in [0.25, 0.3) is 10.8 Å². The lowest BCUT2D eigenvalue weighted by atomic mass is 10.0. The van der Waals surface area contributed by atoms with Crippen molar-refractivity contribution < 1.29 is 32.2 Å². The first-order valence-electron chi connectivity index (χ1n) is 12.1. The molecule has 5 rings (SSSR count). The molecule has 0 radical (unpaired) electrons. The predicted molar refractivity (Wildman–Crippen MR) is 130 cm³/mol. The van der Waals surface area contributed by atoms with E-state index in [2.05, 4.69) is 15.5 Å². The monoisotopic (exact) mass is 516 g/mol. The highest BCUT2D eigenvalue weighted by molar-refractivity contribution is 5.96. The molecule has 2 aliphatic rings. The van der Waals surface area contributed by atoms with Crippen LogP contribution in [0.5, 0.6) is 11.5 Å². The summed E-state index contributed by atoms with van der Waals surface area (Å²) in [5.41, 5.74) is 0.0480. The molecule has 0 aliphatic carbocycles. The van der Waals surface area contributed by atoms with Gasteiger partial charge in [0.1, 0.15) is 12.4 Å². The van der Waals surface area contributed by atoms with E-state index < -0.39 is 30.0 Å². The lowest BCUT2D eigenvalue weighted by molar-refractivity contribution is -0.148. The highest BCUT2D eigenvalue weighted by Gasteiger charge is 2.34. The first-order valence-corrected chi connectivity index (χ1v) is 12.1. The number of benzene rings is 2. The highest BCUT2D eigenvalue weighted by Crippen LogP contribution is 2.39. The quantitative estimate of drug-likeness (QED) is 0.532. The maximum Gasteiger partial charge on any atom is 0.267 e. The van der Waals surface area contributed by atoms with Gasteiger partial charge in [-0.3, -0.25) is 4.79 Å². The number of anilines is 1. The van der Waals surface area contributed by atoms with E-state index in [4.69, 9.17) is 14.2 Å². The zero-order chi connectivity index (χ0) is 26.3. The van der Waals surface area contributed by atoms with Crippen molar-refractivity contribution in [1.82, 2.24) is 15.1 Å². The van der Waals surface area contributed by atoms with Crippen molar-refractivity contribution in [2.24, 2.45) is 0 Å². The molecule has 2 aliphatic heterocycles. The molecule has 37 heavy (non-hydrogen) atoms. The maximum atomic E-state index is 14.7. The van der Waals surface area contributed by atoms with Gasteiger partial charge in [0.15, 0.2) is 17.3 Å². The molecular weight excluding hydrogens is 489 g/mol. The Bertz CT molecular complexity index is 1340. The maximum absolute atomic E-state index is 14.7. The van der Waals surface area contributed by atoms with Gasteiger partial charge in [-0.05, 0) is 32.9 Å². The fourth-order valence-corrected chi connectivity index (χ4v) is 4.65. The van der Waals surface area contributed by atoms with Crippen LogP contribution >= 0.6 is 0 Å². The number of carbonyl (C=O) groups excluding carboxylic acids is 1. The van der Waals surface area contributed by atoms with E-state index in [1.54, 1.807) is 30.9 Å². The second-order valence-electron chi connectivity index (χ2n) is 9.28. The fraction of sp³-hybridized carbons (Fsp3) is 0.423. The zero-order valence-electron chi connectivity index (χ0n) is 20.6. The van der Waals surface area contributed by atoms with E-state index in [0.29, 0.717) is 53.5 Å². The minimum Gasteiger partial charge on any atom is -0.485 e. The predicted octanol–water partition coefficient (Wildman–Crippen LogP) is 4.58. The number of alkyl halides is 2. The largest absolute Gasteiger partial charge is 0.485 e. The first-order chi connectivity index (χ1) is 17.7. The third-order valence-corrected chi connectivity index (χ3v) is 6.63. The van der Waals surface area contributed by atoms with Crippen molar-refractivity contribution in [2.45, 2.75) is 45.4 Å². The van der Waals surface area contributed by atoms with Gasteiger partial charge in [0.25, 0.3) is 12.3 Å². The van der Waals surface area contributed by atoms with Crippen LogP contribution in [-0.2, 0) is 9.53 Å². The Kier molecular flexibility index (Phi) is 6.80. The molecule has 3 atom stereocenters. The normalized spacial score (nSPS) is 20.2. The number of nitrogens with zero attached hydrogens (tertiary/aromatic N) is 3. The molecule has 11 heteroatoms. The summed E-state index contributed by atoms with van der Waals surface area (Å²) >= 11 is 0. The van der Waals surface area contributed by atoms with E-state index in [1.165, 1.54) is 12.1 Å². The molecule has 1 aromatic heterocycles. The van der Waals surface area contributed by atoms with Gasteiger partial charge in [-0.25, -0.2) is 13.2 Å². The molecule has 3 aromatic rings. The van der Waals surface area contributed by atoms with Crippen molar-refractivity contribution in [3.05, 3.63) is 53.0 Å². The van der Waals surface area contributed by atoms with Gasteiger partial charge < -0.3 is 24.4 Å². The number of nitrogens with one attached hydrogen (secondary N) is 1. The molecule has 3 unspecified atom stereocenters. The Morgan fingerprint density at radius 3 is 2.68 bits per heavy atom. The lowest BCUT2D eigenvalue weighted by Crippen LogP contribution is -2.52. The Hall–Kier alpha value is -3.60. The molecule has 1 saturated heterocycles. The van der Waals surface area contributed by atoms with Gasteiger partial charge in [0.05, 0.1) is 30.0 Å². The summed E-state index contributed by atoms with van der Waals surface area (Å²) in [6.45, 7) is 6.86. The van der Waals surface area contributed by atoms with Gasteiger partial charge in [0.2, 0.25) is 6.10 Å². The van der Waals surface area contributed by atoms with Gasteiger partial charge >= 0.3 is 0 Å². The average Bonchev–Trinajstić information content (AvgIpc) is 2.88. The van der Waals surface area contributed by atoms with Gasteiger partial charge in [-0.1, -0.05) is 18.2 Å². The number of rotatable bonds is 5. The molecule has 2 aromatic carbocycles. The molecular formula is C26H27F3N4O4. The van der Waals surface area contributed by atoms with E-state index in [1.807, 2.05) is 6.92 Å². The van der Waals surface area contributed by atoms with Crippen LogP contribution in [0.3, 0.4) is 0 Å². The third-order valence-electron chi connectivity index (χ3n) is 6.63. The fourth-order valence-electron chi connectivity index (χ4n) is 4.65. The molecule has 0 bridgehead atoms. The number of carbonyl (C=O) groups is 1. The van der Waals surface area contributed by atoms with Gasteiger partial charge in [0, 0.05) is 29.4 Å². The van der Waals surface area contributed by atoms with Crippen molar-refractivity contribution in [3.63, 3.8) is 0 Å². The summed E-state index contributed by atoms with van der Waals surface area (Å²) < 4.78 is 58.5. The van der Waals surface area contributed by atoms with Crippen LogP contribution in [0.15, 0.2) is 30.3 Å². The topological polar surface area (TPSA) is 85.8 Å². The first kappa shape index (κ1) is 25.1. The summed E-state index contributed by atoms with van der Waals surface area (Å²) in [6.07, 6.45) is -3.74. The number of aryl methyl sites for hydroxylation is 1. The molecule has 1 fully saturated rings. The Labute approximate surface area is 211 Å². The zero-order valence-corrected chi connectivity index (χ0v) is 20.6. The van der Waals surface area contributed by atoms with E-state index in [-0.39, 0.29) is 24.2 Å². The molecule has 1 N–H and O–H groups in total. The minimum atomic E-state index is -2.92. The lowest BCUT2D eigenvalue weighted by Gasteiger charge is -2.35. The number of hydrogen-bond donors (Lipinski definition) is 1. The second-order valence-corrected chi connectivity index (χ2v) is 9.28. The standard InChI is InChI=1S/C26H27F3N4O4/c1-13-11-33(7-8-35-13)26(34)22-12-36-20-10-19-18(9-21(20)37-22)15(3)31-32-25(19)30-14(2)16-5-4-6-17(23(16)27)24(28)29/h4-6,9-10,13-14,22,24H,7-8,11-12H2,1-3H3,(H,30,32). The van der Waals surface area contributed by atoms with E-state index in [0.717, 1.165) is 6.07 Å². The van der Waals surface area contributed by atoms with Crippen LogP contribution in [-0.4, -0.2) is 59.5 Å². The minimum absolute atomic E-state index is 0.0423. The van der Waals surface area contributed by atoms with Crippen LogP contribution in [0.1, 0.15) is 43.1 Å².